The van der Waals surface area contributed by atoms with E-state index >= 15 is 0 Å². The molecule has 2 atom stereocenters. The summed E-state index contributed by atoms with van der Waals surface area (Å²) in [7, 11) is -3.18. The Labute approximate surface area is 197 Å². The molecule has 0 aromatic heterocycles. The van der Waals surface area contributed by atoms with Gasteiger partial charge in [0.25, 0.3) is 0 Å². The molecule has 2 saturated heterocycles. The smallest absolute Gasteiger partial charge is 0.248 e. The number of sulfone groups is 1. The summed E-state index contributed by atoms with van der Waals surface area (Å²) in [5, 5.41) is 0.784. The van der Waals surface area contributed by atoms with Crippen LogP contribution in [0.15, 0.2) is 47.5 Å². The largest absolute Gasteiger partial charge is 0.455 e. The molecule has 6 nitrogen and oxygen atoms in total. The number of hydrogen-bond donors (Lipinski definition) is 0. The van der Waals surface area contributed by atoms with Gasteiger partial charge in [0, 0.05) is 16.7 Å². The predicted octanol–water partition coefficient (Wildman–Crippen LogP) is 5.09. The highest BCUT2D eigenvalue weighted by Crippen LogP contribution is 2.45. The van der Waals surface area contributed by atoms with Crippen LogP contribution in [0, 0.1) is 12.8 Å². The fraction of sp³-hybridized carbons (Fsp3) is 0.391. The zero-order valence-corrected chi connectivity index (χ0v) is 20.5. The molecule has 0 saturated carbocycles. The molecule has 2 aromatic carbocycles. The molecule has 32 heavy (non-hydrogen) atoms. The number of ether oxygens (including phenoxy) is 1. The van der Waals surface area contributed by atoms with E-state index in [2.05, 4.69) is 4.99 Å². The molecule has 2 fully saturated rings. The molecule has 0 radical (unpaired) electrons. The van der Waals surface area contributed by atoms with E-state index in [-0.39, 0.29) is 34.6 Å². The summed E-state index contributed by atoms with van der Waals surface area (Å²) in [5.41, 5.74) is 1.66. The quantitative estimate of drug-likeness (QED) is 0.578. The van der Waals surface area contributed by atoms with E-state index in [1.165, 1.54) is 11.8 Å². The first-order valence-corrected chi connectivity index (χ1v) is 13.5. The number of halogens is 1. The van der Waals surface area contributed by atoms with Crippen LogP contribution < -0.4 is 9.64 Å². The molecule has 0 bridgehead atoms. The van der Waals surface area contributed by atoms with Crippen molar-refractivity contribution in [2.45, 2.75) is 38.5 Å². The number of carbonyl (C=O) groups is 1. The Morgan fingerprint density at radius 3 is 2.75 bits per heavy atom. The van der Waals surface area contributed by atoms with Crippen molar-refractivity contribution in [3.63, 3.8) is 0 Å². The van der Waals surface area contributed by atoms with Gasteiger partial charge in [-0.25, -0.2) is 8.42 Å². The average Bonchev–Trinajstić information content (AvgIpc) is 3.13. The lowest BCUT2D eigenvalue weighted by atomic mass is 10.1. The van der Waals surface area contributed by atoms with Gasteiger partial charge in [0.15, 0.2) is 20.8 Å². The Bertz CT molecular complexity index is 1180. The molecule has 9 heteroatoms. The van der Waals surface area contributed by atoms with E-state index in [0.717, 1.165) is 5.56 Å². The molecule has 2 aliphatic heterocycles. The minimum absolute atomic E-state index is 0.00153. The molecule has 0 N–H and O–H groups in total. The molecule has 170 valence electrons. The average molecular weight is 493 g/mol. The monoisotopic (exact) mass is 492 g/mol. The number of aryl methyl sites for hydroxylation is 1. The molecule has 0 aliphatic carbocycles. The van der Waals surface area contributed by atoms with E-state index < -0.39 is 9.84 Å². The Morgan fingerprint density at radius 2 is 2.03 bits per heavy atom. The Balaban J connectivity index is 1.77. The van der Waals surface area contributed by atoms with Crippen LogP contribution in [0.25, 0.3) is 0 Å². The van der Waals surface area contributed by atoms with Crippen LogP contribution in [-0.2, 0) is 14.6 Å². The van der Waals surface area contributed by atoms with Gasteiger partial charge in [-0.3, -0.25) is 4.79 Å². The summed E-state index contributed by atoms with van der Waals surface area (Å²) >= 11 is 7.67. The van der Waals surface area contributed by atoms with Gasteiger partial charge in [-0.2, -0.15) is 4.99 Å². The first kappa shape index (κ1) is 23.1. The number of fused-ring (bicyclic) bond motifs is 1. The van der Waals surface area contributed by atoms with Gasteiger partial charge >= 0.3 is 0 Å². The SMILES string of the molecule is Cc1cccc(Oc2ccc(Cl)cc2N2C(=NC(=O)CC(C)C)S[C@H]3CS(=O)(=O)C[C@@H]32)c1. The molecule has 2 aliphatic rings. The fourth-order valence-electron chi connectivity index (χ4n) is 3.92. The van der Waals surface area contributed by atoms with E-state index in [4.69, 9.17) is 16.3 Å². The Kier molecular flexibility index (Phi) is 6.56. The van der Waals surface area contributed by atoms with Crippen LogP contribution in [0.2, 0.25) is 5.02 Å². The summed E-state index contributed by atoms with van der Waals surface area (Å²) in [4.78, 5) is 18.7. The zero-order chi connectivity index (χ0) is 23.0. The highest BCUT2D eigenvalue weighted by atomic mass is 35.5. The Morgan fingerprint density at radius 1 is 1.25 bits per heavy atom. The first-order chi connectivity index (χ1) is 15.1. The number of benzene rings is 2. The van der Waals surface area contributed by atoms with Crippen molar-refractivity contribution >= 4 is 50.0 Å². The minimum Gasteiger partial charge on any atom is -0.455 e. The number of aliphatic imine (C=N–C) groups is 1. The molecular weight excluding hydrogens is 468 g/mol. The first-order valence-electron chi connectivity index (χ1n) is 10.4. The van der Waals surface area contributed by atoms with E-state index in [0.29, 0.717) is 33.8 Å². The topological polar surface area (TPSA) is 76.0 Å². The van der Waals surface area contributed by atoms with Gasteiger partial charge in [0.2, 0.25) is 5.91 Å². The maximum absolute atomic E-state index is 12.5. The van der Waals surface area contributed by atoms with E-state index in [1.54, 1.807) is 18.2 Å². The molecule has 4 rings (SSSR count). The number of anilines is 1. The van der Waals surface area contributed by atoms with Crippen LogP contribution in [-0.4, -0.2) is 42.3 Å². The minimum atomic E-state index is -3.18. The number of hydrogen-bond acceptors (Lipinski definition) is 5. The van der Waals surface area contributed by atoms with Crippen molar-refractivity contribution in [3.05, 3.63) is 53.1 Å². The second-order valence-electron chi connectivity index (χ2n) is 8.59. The number of thioether (sulfide) groups is 1. The standard InChI is InChI=1S/C23H25ClN2O4S2/c1-14(2)9-22(27)25-23-26(19-12-32(28,29)13-21(19)31-23)18-11-16(24)7-8-20(18)30-17-6-4-5-15(3)10-17/h4-8,10-11,14,19,21H,9,12-13H2,1-3H3/t19-,21-/m0/s1. The number of rotatable bonds is 5. The maximum atomic E-state index is 12.5. The second-order valence-corrected chi connectivity index (χ2v) is 12.4. The van der Waals surface area contributed by atoms with Crippen LogP contribution in [0.1, 0.15) is 25.8 Å². The third-order valence-electron chi connectivity index (χ3n) is 5.27. The number of nitrogens with zero attached hydrogens (tertiary/aromatic N) is 2. The van der Waals surface area contributed by atoms with Gasteiger partial charge in [0.1, 0.15) is 5.75 Å². The summed E-state index contributed by atoms with van der Waals surface area (Å²) < 4.78 is 30.9. The summed E-state index contributed by atoms with van der Waals surface area (Å²) in [6.45, 7) is 5.90. The highest BCUT2D eigenvalue weighted by Gasteiger charge is 2.50. The molecule has 0 spiro atoms. The second kappa shape index (κ2) is 9.08. The van der Waals surface area contributed by atoms with Crippen molar-refractivity contribution in [1.29, 1.82) is 0 Å². The van der Waals surface area contributed by atoms with Crippen molar-refractivity contribution in [3.8, 4) is 11.5 Å². The third-order valence-corrected chi connectivity index (χ3v) is 8.71. The molecule has 2 heterocycles. The van der Waals surface area contributed by atoms with E-state index in [1.807, 2.05) is 49.9 Å². The van der Waals surface area contributed by atoms with Crippen molar-refractivity contribution in [1.82, 2.24) is 0 Å². The number of amides is 1. The van der Waals surface area contributed by atoms with Gasteiger partial charge in [-0.1, -0.05) is 49.3 Å². The third kappa shape index (κ3) is 5.13. The van der Waals surface area contributed by atoms with Gasteiger partial charge < -0.3 is 9.64 Å². The normalized spacial score (nSPS) is 23.0. The summed E-state index contributed by atoms with van der Waals surface area (Å²) in [6, 6.07) is 12.5. The lowest BCUT2D eigenvalue weighted by Crippen LogP contribution is -2.38. The molecule has 2 aromatic rings. The summed E-state index contributed by atoms with van der Waals surface area (Å²) in [6.07, 6.45) is 0.327. The zero-order valence-electron chi connectivity index (χ0n) is 18.1. The highest BCUT2D eigenvalue weighted by molar-refractivity contribution is 8.16. The Hall–Kier alpha value is -2.03. The predicted molar refractivity (Wildman–Crippen MR) is 131 cm³/mol. The molecule has 0 unspecified atom stereocenters. The molecular formula is C23H25ClN2O4S2. The maximum Gasteiger partial charge on any atom is 0.248 e. The van der Waals surface area contributed by atoms with Crippen LogP contribution in [0.5, 0.6) is 11.5 Å². The lowest BCUT2D eigenvalue weighted by molar-refractivity contribution is -0.118. The lowest BCUT2D eigenvalue weighted by Gasteiger charge is -2.27. The fourth-order valence-corrected chi connectivity index (χ4v) is 8.01. The van der Waals surface area contributed by atoms with Crippen molar-refractivity contribution < 1.29 is 17.9 Å². The molecule has 1 amide bonds. The van der Waals surface area contributed by atoms with Gasteiger partial charge in [-0.05, 0) is 48.7 Å². The number of amidine groups is 1. The van der Waals surface area contributed by atoms with Gasteiger partial charge in [-0.15, -0.1) is 0 Å². The van der Waals surface area contributed by atoms with Gasteiger partial charge in [0.05, 0.1) is 23.2 Å². The van der Waals surface area contributed by atoms with E-state index in [9.17, 15) is 13.2 Å². The van der Waals surface area contributed by atoms with Crippen molar-refractivity contribution in [2.24, 2.45) is 10.9 Å². The summed E-state index contributed by atoms with van der Waals surface area (Å²) in [5.74, 6) is 1.19. The van der Waals surface area contributed by atoms with Crippen LogP contribution in [0.3, 0.4) is 0 Å². The number of carbonyl (C=O) groups excluding carboxylic acids is 1. The van der Waals surface area contributed by atoms with Crippen LogP contribution in [0.4, 0.5) is 5.69 Å². The van der Waals surface area contributed by atoms with Crippen molar-refractivity contribution in [2.75, 3.05) is 16.4 Å². The van der Waals surface area contributed by atoms with Crippen LogP contribution >= 0.6 is 23.4 Å².